The highest BCUT2D eigenvalue weighted by Crippen LogP contribution is 2.63. The first-order chi connectivity index (χ1) is 15.3. The fourth-order valence-electron chi connectivity index (χ4n) is 6.96. The summed E-state index contributed by atoms with van der Waals surface area (Å²) in [5.41, 5.74) is 4.25. The van der Waals surface area contributed by atoms with Crippen LogP contribution < -0.4 is 15.2 Å². The minimum absolute atomic E-state index is 0.183. The second kappa shape index (κ2) is 9.77. The van der Waals surface area contributed by atoms with E-state index in [1.54, 1.807) is 0 Å². The maximum absolute atomic E-state index is 11.1. The van der Waals surface area contributed by atoms with Crippen LogP contribution in [0.1, 0.15) is 75.0 Å². The summed E-state index contributed by atoms with van der Waals surface area (Å²) in [6.07, 6.45) is 8.53. The van der Waals surface area contributed by atoms with Crippen LogP contribution in [0, 0.1) is 23.2 Å². The van der Waals surface area contributed by atoms with E-state index in [2.05, 4.69) is 35.3 Å². The van der Waals surface area contributed by atoms with Gasteiger partial charge in [-0.1, -0.05) is 19.9 Å². The van der Waals surface area contributed by atoms with Gasteiger partial charge in [0.15, 0.2) is 0 Å². The van der Waals surface area contributed by atoms with Crippen molar-refractivity contribution in [3.05, 3.63) is 28.8 Å². The molecule has 1 aromatic rings. The molecular formula is C22H34N2O6S2. The van der Waals surface area contributed by atoms with Crippen LogP contribution in [0.3, 0.4) is 0 Å². The first-order valence-corrected chi connectivity index (χ1v) is 13.6. The van der Waals surface area contributed by atoms with Gasteiger partial charge >= 0.3 is 10.3 Å². The molecule has 4 N–H and O–H groups in total. The first kappa shape index (κ1) is 24.3. The van der Waals surface area contributed by atoms with Crippen molar-refractivity contribution in [3.8, 4) is 5.75 Å². The molecule has 0 bridgehead atoms. The third kappa shape index (κ3) is 4.82. The summed E-state index contributed by atoms with van der Waals surface area (Å²) in [5, 5.41) is 5.01. The van der Waals surface area contributed by atoms with Gasteiger partial charge in [-0.15, -0.1) is 9.32 Å². The van der Waals surface area contributed by atoms with Crippen molar-refractivity contribution in [3.63, 3.8) is 0 Å². The molecule has 4 rings (SSSR count). The normalized spacial score (nSPS) is 31.6. The average Bonchev–Trinajstić information content (AvgIpc) is 3.08. The third-order valence-corrected chi connectivity index (χ3v) is 9.26. The Labute approximate surface area is 195 Å². The summed E-state index contributed by atoms with van der Waals surface area (Å²) in [6, 6.07) is 4.49. The van der Waals surface area contributed by atoms with Gasteiger partial charge in [0.05, 0.1) is 6.61 Å². The largest absolute Gasteiger partial charge is 0.398 e. The maximum Gasteiger partial charge on any atom is 0.333 e. The summed E-state index contributed by atoms with van der Waals surface area (Å²) in [7, 11) is -3.87. The van der Waals surface area contributed by atoms with Crippen molar-refractivity contribution in [1.82, 2.24) is 0 Å². The highest BCUT2D eigenvalue weighted by atomic mass is 32.2. The molecule has 8 nitrogen and oxygen atoms in total. The van der Waals surface area contributed by atoms with Crippen LogP contribution in [0.4, 0.5) is 0 Å². The van der Waals surface area contributed by atoms with E-state index in [-0.39, 0.29) is 12.0 Å². The molecule has 1 aromatic carbocycles. The van der Waals surface area contributed by atoms with Crippen LogP contribution in [-0.2, 0) is 36.7 Å². The van der Waals surface area contributed by atoms with Crippen molar-refractivity contribution in [1.29, 1.82) is 0 Å². The van der Waals surface area contributed by atoms with Crippen LogP contribution in [0.5, 0.6) is 5.75 Å². The van der Waals surface area contributed by atoms with Gasteiger partial charge in [-0.25, -0.2) is 5.14 Å². The molecule has 0 radical (unpaired) electrons. The standard InChI is InChI=1S/C22H34N2O6S2/c1-3-14-12-19-15(13-21(14)28-31-30-29-23)4-6-18-17(19)8-10-22(2)16(5-7-20(18)22)9-11-27-32(24,25)26/h12-13,16-18,20H,3-11,23H2,1-2H3,(H2,24,25,26)/t16-,17?,18?,20?,22-/m1/s1. The highest BCUT2D eigenvalue weighted by Gasteiger charge is 2.54. The van der Waals surface area contributed by atoms with E-state index in [0.29, 0.717) is 23.7 Å². The minimum atomic E-state index is -3.87. The lowest BCUT2D eigenvalue weighted by atomic mass is 9.54. The second-order valence-corrected chi connectivity index (χ2v) is 11.3. The molecule has 10 heteroatoms. The Morgan fingerprint density at radius 3 is 2.75 bits per heavy atom. The summed E-state index contributed by atoms with van der Waals surface area (Å²) in [6.45, 7) is 4.73. The second-order valence-electron chi connectivity index (χ2n) is 9.67. The van der Waals surface area contributed by atoms with Gasteiger partial charge < -0.3 is 4.18 Å². The van der Waals surface area contributed by atoms with Gasteiger partial charge in [0.1, 0.15) is 5.75 Å². The van der Waals surface area contributed by atoms with Gasteiger partial charge in [-0.05, 0) is 103 Å². The molecule has 3 unspecified atom stereocenters. The Balaban J connectivity index is 1.50. The molecule has 0 heterocycles. The monoisotopic (exact) mass is 486 g/mol. The molecule has 2 fully saturated rings. The van der Waals surface area contributed by atoms with E-state index in [9.17, 15) is 8.42 Å². The van der Waals surface area contributed by atoms with Gasteiger partial charge in [0.2, 0.25) is 0 Å². The Bertz CT molecular complexity index is 927. The minimum Gasteiger partial charge on any atom is -0.398 e. The molecule has 0 aliphatic heterocycles. The first-order valence-electron chi connectivity index (χ1n) is 11.5. The van der Waals surface area contributed by atoms with Crippen LogP contribution in [0.15, 0.2) is 12.1 Å². The topological polar surface area (TPSA) is 123 Å². The Hall–Kier alpha value is -0.880. The van der Waals surface area contributed by atoms with Gasteiger partial charge in [0, 0.05) is 0 Å². The fourth-order valence-corrected chi connectivity index (χ4v) is 7.57. The predicted octanol–water partition coefficient (Wildman–Crippen LogP) is 4.10. The van der Waals surface area contributed by atoms with Gasteiger partial charge in [0.25, 0.3) is 12.3 Å². The lowest BCUT2D eigenvalue weighted by Crippen LogP contribution is -2.42. The summed E-state index contributed by atoms with van der Waals surface area (Å²) >= 11 is 0.727. The van der Waals surface area contributed by atoms with Gasteiger partial charge in [-0.3, -0.25) is 4.18 Å². The fraction of sp³-hybridized carbons (Fsp3) is 0.727. The molecule has 0 aromatic heterocycles. The molecule has 5 atom stereocenters. The molecule has 0 spiro atoms. The molecule has 0 amide bonds. The molecule has 180 valence electrons. The van der Waals surface area contributed by atoms with Crippen molar-refractivity contribution in [2.45, 2.75) is 71.1 Å². The number of hydrogen-bond donors (Lipinski definition) is 2. The van der Waals surface area contributed by atoms with Crippen molar-refractivity contribution < 1.29 is 26.1 Å². The number of fused-ring (bicyclic) bond motifs is 5. The van der Waals surface area contributed by atoms with Crippen molar-refractivity contribution >= 4 is 22.6 Å². The Kier molecular flexibility index (Phi) is 7.41. The van der Waals surface area contributed by atoms with E-state index in [0.717, 1.165) is 55.7 Å². The highest BCUT2D eigenvalue weighted by molar-refractivity contribution is 7.90. The predicted molar refractivity (Wildman–Crippen MR) is 122 cm³/mol. The lowest BCUT2D eigenvalue weighted by molar-refractivity contribution is -0.199. The van der Waals surface area contributed by atoms with E-state index >= 15 is 0 Å². The van der Waals surface area contributed by atoms with E-state index in [1.165, 1.54) is 30.4 Å². The molecule has 2 saturated carbocycles. The number of nitrogens with two attached hydrogens (primary N) is 2. The number of rotatable bonds is 9. The van der Waals surface area contributed by atoms with E-state index < -0.39 is 10.3 Å². The quantitative estimate of drug-likeness (QED) is 0.231. The SMILES string of the molecule is CCc1cc2c(cc1OSOON)CCC1C2CC[C@@]2(C)C1CC[C@@H]2CCOS(N)(=O)=O. The zero-order chi connectivity index (χ0) is 22.9. The molecule has 3 aliphatic carbocycles. The summed E-state index contributed by atoms with van der Waals surface area (Å²) in [4.78, 5) is 4.11. The molecule has 32 heavy (non-hydrogen) atoms. The zero-order valence-electron chi connectivity index (χ0n) is 18.7. The molecule has 0 saturated heterocycles. The summed E-state index contributed by atoms with van der Waals surface area (Å²) in [5.74, 6) is 8.10. The van der Waals surface area contributed by atoms with Crippen molar-refractivity contribution in [2.24, 2.45) is 34.2 Å². The number of hydrogen-bond acceptors (Lipinski definition) is 8. The van der Waals surface area contributed by atoms with Crippen molar-refractivity contribution in [2.75, 3.05) is 6.61 Å². The lowest BCUT2D eigenvalue weighted by Gasteiger charge is -2.51. The molecule has 3 aliphatic rings. The molecular weight excluding hydrogens is 452 g/mol. The number of benzene rings is 1. The average molecular weight is 487 g/mol. The Morgan fingerprint density at radius 2 is 2.03 bits per heavy atom. The maximum atomic E-state index is 11.1. The Morgan fingerprint density at radius 1 is 1.22 bits per heavy atom. The summed E-state index contributed by atoms with van der Waals surface area (Å²) < 4.78 is 37.4. The van der Waals surface area contributed by atoms with Crippen LogP contribution >= 0.6 is 12.3 Å². The van der Waals surface area contributed by atoms with Crippen LogP contribution in [0.2, 0.25) is 0 Å². The van der Waals surface area contributed by atoms with E-state index in [1.807, 2.05) is 0 Å². The van der Waals surface area contributed by atoms with Gasteiger partial charge in [-0.2, -0.15) is 14.3 Å². The van der Waals surface area contributed by atoms with Crippen LogP contribution in [0.25, 0.3) is 0 Å². The van der Waals surface area contributed by atoms with E-state index in [4.69, 9.17) is 19.4 Å². The number of aryl methyl sites for hydroxylation is 2. The van der Waals surface area contributed by atoms with Crippen LogP contribution in [-0.4, -0.2) is 15.0 Å². The zero-order valence-corrected chi connectivity index (χ0v) is 20.4. The smallest absolute Gasteiger partial charge is 0.333 e. The third-order valence-electron chi connectivity index (χ3n) is 8.39.